The van der Waals surface area contributed by atoms with Crippen LogP contribution in [0.2, 0.25) is 0 Å². The summed E-state index contributed by atoms with van der Waals surface area (Å²) in [6, 6.07) is 9.52. The number of ether oxygens (including phenoxy) is 3. The number of amides is 1. The highest BCUT2D eigenvalue weighted by molar-refractivity contribution is 7.92. The van der Waals surface area contributed by atoms with Gasteiger partial charge in [0.2, 0.25) is 5.91 Å². The molecule has 1 heterocycles. The maximum atomic E-state index is 13.4. The summed E-state index contributed by atoms with van der Waals surface area (Å²) in [6.45, 7) is 6.57. The van der Waals surface area contributed by atoms with Crippen LogP contribution in [-0.4, -0.2) is 77.5 Å². The van der Waals surface area contributed by atoms with Gasteiger partial charge in [-0.05, 0) is 49.5 Å². The molecule has 0 atom stereocenters. The summed E-state index contributed by atoms with van der Waals surface area (Å²) in [4.78, 5) is 21.8. The summed E-state index contributed by atoms with van der Waals surface area (Å²) >= 11 is 1.27. The van der Waals surface area contributed by atoms with E-state index in [2.05, 4.69) is 9.88 Å². The first-order valence-electron chi connectivity index (χ1n) is 11.2. The Morgan fingerprint density at radius 1 is 0.914 bits per heavy atom. The van der Waals surface area contributed by atoms with Crippen molar-refractivity contribution in [3.63, 3.8) is 0 Å². The molecule has 2 aromatic carbocycles. The van der Waals surface area contributed by atoms with E-state index in [0.717, 1.165) is 17.8 Å². The molecular weight excluding hydrogens is 490 g/mol. The van der Waals surface area contributed by atoms with E-state index in [1.165, 1.54) is 35.5 Å². The predicted molar refractivity (Wildman–Crippen MR) is 138 cm³/mol. The van der Waals surface area contributed by atoms with Gasteiger partial charge in [0, 0.05) is 13.1 Å². The summed E-state index contributed by atoms with van der Waals surface area (Å²) in [7, 11) is 0.734. The zero-order valence-corrected chi connectivity index (χ0v) is 22.2. The van der Waals surface area contributed by atoms with Gasteiger partial charge < -0.3 is 19.1 Å². The number of fused-ring (bicyclic) bond motifs is 1. The summed E-state index contributed by atoms with van der Waals surface area (Å²) < 4.78 is 42.8. The van der Waals surface area contributed by atoms with E-state index in [0.29, 0.717) is 41.0 Å². The van der Waals surface area contributed by atoms with Crippen LogP contribution in [0.5, 0.6) is 17.2 Å². The number of methoxy groups -OCH3 is 3. The number of sulfone groups is 1. The quantitative estimate of drug-likeness (QED) is 0.357. The Bertz CT molecular complexity index is 1210. The van der Waals surface area contributed by atoms with Crippen molar-refractivity contribution in [2.75, 3.05) is 58.2 Å². The average molecular weight is 522 g/mol. The van der Waals surface area contributed by atoms with Gasteiger partial charge in [0.1, 0.15) is 33.2 Å². The summed E-state index contributed by atoms with van der Waals surface area (Å²) in [5.41, 5.74) is 0.561. The number of benzene rings is 2. The molecule has 0 N–H and O–H groups in total. The first-order valence-corrected chi connectivity index (χ1v) is 13.7. The summed E-state index contributed by atoms with van der Waals surface area (Å²) in [5.74, 6) is 0.456. The zero-order valence-electron chi connectivity index (χ0n) is 20.6. The van der Waals surface area contributed by atoms with Crippen molar-refractivity contribution in [3.05, 3.63) is 36.4 Å². The normalized spacial score (nSPS) is 11.6. The van der Waals surface area contributed by atoms with Gasteiger partial charge in [-0.15, -0.1) is 0 Å². The molecule has 0 fully saturated rings. The predicted octanol–water partition coefficient (Wildman–Crippen LogP) is 3.47. The molecule has 0 spiro atoms. The van der Waals surface area contributed by atoms with Gasteiger partial charge in [-0.1, -0.05) is 25.2 Å². The second kappa shape index (κ2) is 11.7. The number of nitrogens with zero attached hydrogens (tertiary/aromatic N) is 3. The molecule has 0 radical (unpaired) electrons. The highest BCUT2D eigenvalue weighted by Gasteiger charge is 2.28. The molecule has 11 heteroatoms. The van der Waals surface area contributed by atoms with Crippen LogP contribution in [0.15, 0.2) is 41.3 Å². The van der Waals surface area contributed by atoms with E-state index < -0.39 is 21.5 Å². The summed E-state index contributed by atoms with van der Waals surface area (Å²) in [5, 5.41) is 0.393. The van der Waals surface area contributed by atoms with Crippen molar-refractivity contribution < 1.29 is 27.4 Å². The fraction of sp³-hybridized carbons (Fsp3) is 0.417. The van der Waals surface area contributed by atoms with Crippen LogP contribution in [0, 0.1) is 0 Å². The van der Waals surface area contributed by atoms with Crippen LogP contribution < -0.4 is 19.1 Å². The van der Waals surface area contributed by atoms with Crippen molar-refractivity contribution >= 4 is 42.4 Å². The Morgan fingerprint density at radius 3 is 2.11 bits per heavy atom. The Kier molecular flexibility index (Phi) is 8.92. The van der Waals surface area contributed by atoms with Crippen LogP contribution in [0.25, 0.3) is 10.2 Å². The molecule has 190 valence electrons. The second-order valence-corrected chi connectivity index (χ2v) is 10.6. The molecule has 9 nitrogen and oxygen atoms in total. The smallest absolute Gasteiger partial charge is 0.244 e. The van der Waals surface area contributed by atoms with E-state index in [-0.39, 0.29) is 4.90 Å². The highest BCUT2D eigenvalue weighted by Crippen LogP contribution is 2.40. The van der Waals surface area contributed by atoms with Crippen molar-refractivity contribution in [2.24, 2.45) is 0 Å². The second-order valence-electron chi connectivity index (χ2n) is 7.65. The van der Waals surface area contributed by atoms with Crippen LogP contribution in [-0.2, 0) is 14.6 Å². The minimum atomic E-state index is -3.88. The number of rotatable bonds is 12. The molecule has 3 rings (SSSR count). The molecule has 35 heavy (non-hydrogen) atoms. The maximum Gasteiger partial charge on any atom is 0.244 e. The topological polar surface area (TPSA) is 98.3 Å². The standard InChI is InChI=1S/C24H31N3O6S2/c1-6-26(7-2)14-15-27(21(28)16-35(29,30)18-10-8-17(31-3)9-11-18)24-25-22-19(32-4)12-13-20(33-5)23(22)34-24/h8-13H,6-7,14-16H2,1-5H3. The maximum absolute atomic E-state index is 13.4. The fourth-order valence-corrected chi connectivity index (χ4v) is 5.92. The Hall–Kier alpha value is -2.89. The highest BCUT2D eigenvalue weighted by atomic mass is 32.2. The molecule has 1 aromatic heterocycles. The van der Waals surface area contributed by atoms with Crippen LogP contribution in [0.3, 0.4) is 0 Å². The third-order valence-corrected chi connectivity index (χ3v) is 8.41. The lowest BCUT2D eigenvalue weighted by molar-refractivity contribution is -0.116. The van der Waals surface area contributed by atoms with Crippen LogP contribution in [0.1, 0.15) is 13.8 Å². The molecule has 0 bridgehead atoms. The van der Waals surface area contributed by atoms with Gasteiger partial charge in [0.15, 0.2) is 15.0 Å². The Morgan fingerprint density at radius 2 is 1.54 bits per heavy atom. The average Bonchev–Trinajstić information content (AvgIpc) is 3.30. The largest absolute Gasteiger partial charge is 0.497 e. The number of carbonyl (C=O) groups excluding carboxylic acids is 1. The fourth-order valence-electron chi connectivity index (χ4n) is 3.60. The van der Waals surface area contributed by atoms with Crippen LogP contribution in [0.4, 0.5) is 5.13 Å². The lowest BCUT2D eigenvalue weighted by Crippen LogP contribution is -2.41. The number of hydrogen-bond donors (Lipinski definition) is 0. The number of thiazole rings is 1. The van der Waals surface area contributed by atoms with Crippen molar-refractivity contribution in [1.82, 2.24) is 9.88 Å². The van der Waals surface area contributed by atoms with Gasteiger partial charge in [-0.2, -0.15) is 0 Å². The minimum Gasteiger partial charge on any atom is -0.497 e. The van der Waals surface area contributed by atoms with Gasteiger partial charge >= 0.3 is 0 Å². The lowest BCUT2D eigenvalue weighted by atomic mass is 10.3. The number of likely N-dealkylation sites (N-methyl/N-ethyl adjacent to an activating group) is 1. The molecule has 0 saturated heterocycles. The van der Waals surface area contributed by atoms with Gasteiger partial charge in [0.05, 0.1) is 26.2 Å². The van der Waals surface area contributed by atoms with Gasteiger partial charge in [-0.25, -0.2) is 13.4 Å². The Balaban J connectivity index is 1.98. The van der Waals surface area contributed by atoms with E-state index in [4.69, 9.17) is 14.2 Å². The van der Waals surface area contributed by atoms with E-state index >= 15 is 0 Å². The zero-order chi connectivity index (χ0) is 25.6. The minimum absolute atomic E-state index is 0.0583. The number of aromatic nitrogens is 1. The molecule has 0 aliphatic rings. The summed E-state index contributed by atoms with van der Waals surface area (Å²) in [6.07, 6.45) is 0. The molecule has 3 aromatic rings. The van der Waals surface area contributed by atoms with E-state index in [9.17, 15) is 13.2 Å². The van der Waals surface area contributed by atoms with E-state index in [1.54, 1.807) is 38.5 Å². The third kappa shape index (κ3) is 6.03. The number of hydrogen-bond acceptors (Lipinski definition) is 9. The van der Waals surface area contributed by atoms with Crippen molar-refractivity contribution in [3.8, 4) is 17.2 Å². The molecule has 0 aliphatic heterocycles. The van der Waals surface area contributed by atoms with Crippen LogP contribution >= 0.6 is 11.3 Å². The van der Waals surface area contributed by atoms with Gasteiger partial charge in [0.25, 0.3) is 0 Å². The molecule has 1 amide bonds. The lowest BCUT2D eigenvalue weighted by Gasteiger charge is -2.24. The third-order valence-electron chi connectivity index (χ3n) is 5.70. The molecule has 0 saturated carbocycles. The monoisotopic (exact) mass is 521 g/mol. The Labute approximate surface area is 210 Å². The van der Waals surface area contributed by atoms with Crippen molar-refractivity contribution in [1.29, 1.82) is 0 Å². The molecule has 0 aliphatic carbocycles. The van der Waals surface area contributed by atoms with Gasteiger partial charge in [-0.3, -0.25) is 9.69 Å². The molecular formula is C24H31N3O6S2. The number of carbonyl (C=O) groups is 1. The first-order chi connectivity index (χ1) is 16.8. The number of anilines is 1. The van der Waals surface area contributed by atoms with E-state index in [1.807, 2.05) is 13.8 Å². The SMILES string of the molecule is CCN(CC)CCN(C(=O)CS(=O)(=O)c1ccc(OC)cc1)c1nc2c(OC)ccc(OC)c2s1. The molecule has 0 unspecified atom stereocenters. The van der Waals surface area contributed by atoms with Crippen molar-refractivity contribution in [2.45, 2.75) is 18.7 Å². The first kappa shape index (κ1) is 26.7.